The van der Waals surface area contributed by atoms with E-state index in [2.05, 4.69) is 11.4 Å². The molecule has 0 unspecified atom stereocenters. The first-order valence-electron chi connectivity index (χ1n) is 10.1. The number of para-hydroxylation sites is 1. The van der Waals surface area contributed by atoms with Crippen molar-refractivity contribution in [2.45, 2.75) is 31.2 Å². The Morgan fingerprint density at radius 1 is 1.06 bits per heavy atom. The van der Waals surface area contributed by atoms with Gasteiger partial charge in [0.25, 0.3) is 5.91 Å². The monoisotopic (exact) mass is 419 g/mol. The maximum atomic E-state index is 11.9. The second kappa shape index (κ2) is 10.3. The average Bonchev–Trinajstić information content (AvgIpc) is 3.55. The van der Waals surface area contributed by atoms with E-state index >= 15 is 0 Å². The fourth-order valence-corrected chi connectivity index (χ4v) is 2.94. The van der Waals surface area contributed by atoms with Crippen LogP contribution in [0.25, 0.3) is 0 Å². The molecular weight excluding hydrogens is 394 g/mol. The summed E-state index contributed by atoms with van der Waals surface area (Å²) in [7, 11) is 0. The number of rotatable bonds is 11. The normalized spacial score (nSPS) is 13.9. The lowest BCUT2D eigenvalue weighted by Crippen LogP contribution is -2.35. The van der Waals surface area contributed by atoms with Crippen molar-refractivity contribution in [1.29, 1.82) is 5.26 Å². The number of nitrogens with zero attached hydrogens (tertiary/aromatic N) is 1. The van der Waals surface area contributed by atoms with Crippen LogP contribution >= 0.6 is 0 Å². The van der Waals surface area contributed by atoms with Crippen molar-refractivity contribution in [3.8, 4) is 17.6 Å². The molecule has 0 aromatic heterocycles. The average molecular weight is 419 g/mol. The summed E-state index contributed by atoms with van der Waals surface area (Å²) in [4.78, 5) is 23.3. The van der Waals surface area contributed by atoms with Gasteiger partial charge in [-0.1, -0.05) is 24.3 Å². The minimum atomic E-state index is -0.613. The fourth-order valence-electron chi connectivity index (χ4n) is 2.94. The Kier molecular flexibility index (Phi) is 7.28. The Bertz CT molecular complexity index is 989. The second-order valence-electron chi connectivity index (χ2n) is 7.34. The summed E-state index contributed by atoms with van der Waals surface area (Å²) < 4.78 is 11.2. The number of nitriles is 1. The number of nitrogens with two attached hydrogens (primary N) is 1. The molecule has 2 aromatic carbocycles. The van der Waals surface area contributed by atoms with Crippen LogP contribution in [0, 0.1) is 11.3 Å². The van der Waals surface area contributed by atoms with E-state index in [1.54, 1.807) is 30.3 Å². The number of amides is 2. The predicted octanol–water partition coefficient (Wildman–Crippen LogP) is 2.90. The van der Waals surface area contributed by atoms with Crippen molar-refractivity contribution in [2.75, 3.05) is 13.2 Å². The molecule has 3 rings (SSSR count). The molecule has 7 heteroatoms. The summed E-state index contributed by atoms with van der Waals surface area (Å²) in [6, 6.07) is 16.6. The van der Waals surface area contributed by atoms with Crippen molar-refractivity contribution in [3.63, 3.8) is 0 Å². The lowest BCUT2D eigenvalue weighted by atomic mass is 10.1. The third kappa shape index (κ3) is 6.61. The number of primary amides is 1. The first-order chi connectivity index (χ1) is 15.0. The lowest BCUT2D eigenvalue weighted by molar-refractivity contribution is -0.121. The van der Waals surface area contributed by atoms with Gasteiger partial charge in [0, 0.05) is 6.42 Å². The second-order valence-corrected chi connectivity index (χ2v) is 7.34. The molecule has 0 bridgehead atoms. The Labute approximate surface area is 181 Å². The molecule has 7 nitrogen and oxygen atoms in total. The fraction of sp³-hybridized carbons (Fsp3) is 0.292. The zero-order valence-corrected chi connectivity index (χ0v) is 17.2. The van der Waals surface area contributed by atoms with Crippen LogP contribution in [0.5, 0.6) is 11.5 Å². The Hall–Kier alpha value is -3.79. The number of carbonyl (C=O) groups excluding carboxylic acids is 2. The molecule has 160 valence electrons. The molecule has 0 saturated heterocycles. The van der Waals surface area contributed by atoms with Gasteiger partial charge in [0.1, 0.15) is 30.3 Å². The van der Waals surface area contributed by atoms with Gasteiger partial charge in [-0.3, -0.25) is 9.59 Å². The third-order valence-electron chi connectivity index (χ3n) is 4.91. The van der Waals surface area contributed by atoms with Gasteiger partial charge < -0.3 is 20.5 Å². The van der Waals surface area contributed by atoms with Crippen molar-refractivity contribution in [3.05, 3.63) is 71.8 Å². The van der Waals surface area contributed by atoms with Crippen molar-refractivity contribution >= 4 is 11.8 Å². The van der Waals surface area contributed by atoms with Crippen LogP contribution in [0.3, 0.4) is 0 Å². The Morgan fingerprint density at radius 2 is 1.74 bits per heavy atom. The first kappa shape index (κ1) is 21.9. The predicted molar refractivity (Wildman–Crippen MR) is 116 cm³/mol. The van der Waals surface area contributed by atoms with Gasteiger partial charge in [-0.25, -0.2) is 0 Å². The molecule has 0 atom stereocenters. The van der Waals surface area contributed by atoms with E-state index in [4.69, 9.17) is 20.5 Å². The first-order valence-corrected chi connectivity index (χ1v) is 10.1. The van der Waals surface area contributed by atoms with Gasteiger partial charge in [-0.15, -0.1) is 0 Å². The van der Waals surface area contributed by atoms with Gasteiger partial charge >= 0.3 is 0 Å². The van der Waals surface area contributed by atoms with Crippen molar-refractivity contribution in [1.82, 2.24) is 5.32 Å². The zero-order valence-electron chi connectivity index (χ0n) is 17.2. The van der Waals surface area contributed by atoms with Crippen molar-refractivity contribution in [2.24, 2.45) is 5.73 Å². The maximum absolute atomic E-state index is 11.9. The highest BCUT2D eigenvalue weighted by molar-refractivity contribution is 5.95. The van der Waals surface area contributed by atoms with Crippen LogP contribution < -0.4 is 20.5 Å². The number of ether oxygens (including phenoxy) is 2. The quantitative estimate of drug-likeness (QED) is 0.544. The summed E-state index contributed by atoms with van der Waals surface area (Å²) in [6.45, 7) is 0.667. The summed E-state index contributed by atoms with van der Waals surface area (Å²) in [5.41, 5.74) is 6.08. The van der Waals surface area contributed by atoms with Crippen LogP contribution in [0.4, 0.5) is 0 Å². The molecule has 2 aromatic rings. The lowest BCUT2D eigenvalue weighted by Gasteiger charge is -2.09. The van der Waals surface area contributed by atoms with E-state index in [1.807, 2.05) is 30.3 Å². The van der Waals surface area contributed by atoms with Gasteiger partial charge in [0.05, 0.1) is 11.6 Å². The van der Waals surface area contributed by atoms with E-state index in [1.165, 1.54) is 0 Å². The molecule has 1 fully saturated rings. The summed E-state index contributed by atoms with van der Waals surface area (Å²) in [5, 5.41) is 11.8. The van der Waals surface area contributed by atoms with E-state index in [0.29, 0.717) is 37.4 Å². The largest absolute Gasteiger partial charge is 0.490 e. The van der Waals surface area contributed by atoms with Crippen LogP contribution in [0.15, 0.2) is 60.7 Å². The molecule has 2 amide bonds. The highest BCUT2D eigenvalue weighted by Crippen LogP contribution is 2.34. The molecule has 1 aliphatic carbocycles. The highest BCUT2D eigenvalue weighted by atomic mass is 16.5. The van der Waals surface area contributed by atoms with E-state index in [9.17, 15) is 9.59 Å². The summed E-state index contributed by atoms with van der Waals surface area (Å²) in [5.74, 6) is 0.551. The van der Waals surface area contributed by atoms with Gasteiger partial charge in [0.2, 0.25) is 5.91 Å². The Morgan fingerprint density at radius 3 is 2.39 bits per heavy atom. The van der Waals surface area contributed by atoms with E-state index in [-0.39, 0.29) is 5.91 Å². The van der Waals surface area contributed by atoms with Crippen LogP contribution in [-0.4, -0.2) is 30.6 Å². The number of hydrogen-bond acceptors (Lipinski definition) is 5. The zero-order chi connectivity index (χ0) is 22.1. The molecule has 31 heavy (non-hydrogen) atoms. The maximum Gasteiger partial charge on any atom is 0.252 e. The van der Waals surface area contributed by atoms with E-state index < -0.39 is 11.4 Å². The molecule has 0 spiro atoms. The number of hydrogen-bond donors (Lipinski definition) is 2. The minimum absolute atomic E-state index is 0.0924. The summed E-state index contributed by atoms with van der Waals surface area (Å²) >= 11 is 0. The van der Waals surface area contributed by atoms with Gasteiger partial charge in [0.15, 0.2) is 0 Å². The standard InChI is InChI=1S/C24H25N3O4/c25-17-24(13-14-24)27-22(28)12-9-18-7-10-19(11-8-18)30-15-3-4-16-31-21-6-2-1-5-20(21)23(26)29/h1-8,10-11H,9,12-16H2,(H2,26,29)(H,27,28). The smallest absolute Gasteiger partial charge is 0.252 e. The number of nitrogens with one attached hydrogen (secondary N) is 1. The van der Waals surface area contributed by atoms with Gasteiger partial charge in [-0.2, -0.15) is 5.26 Å². The van der Waals surface area contributed by atoms with Gasteiger partial charge in [-0.05, 0) is 61.2 Å². The SMILES string of the molecule is N#CC1(NC(=O)CCc2ccc(OCC=CCOc3ccccc3C(N)=O)cc2)CC1. The highest BCUT2D eigenvalue weighted by Gasteiger charge is 2.44. The molecule has 0 radical (unpaired) electrons. The topological polar surface area (TPSA) is 114 Å². The minimum Gasteiger partial charge on any atom is -0.490 e. The number of carbonyl (C=O) groups is 2. The summed E-state index contributed by atoms with van der Waals surface area (Å²) in [6.07, 6.45) is 6.07. The molecule has 1 aliphatic rings. The molecular formula is C24H25N3O4. The van der Waals surface area contributed by atoms with Crippen LogP contribution in [-0.2, 0) is 11.2 Å². The van der Waals surface area contributed by atoms with Crippen molar-refractivity contribution < 1.29 is 19.1 Å². The molecule has 3 N–H and O–H groups in total. The molecule has 0 heterocycles. The molecule has 1 saturated carbocycles. The Balaban J connectivity index is 1.35. The number of aryl methyl sites for hydroxylation is 1. The van der Waals surface area contributed by atoms with Crippen LogP contribution in [0.2, 0.25) is 0 Å². The molecule has 0 aliphatic heterocycles. The van der Waals surface area contributed by atoms with E-state index in [0.717, 1.165) is 24.2 Å². The third-order valence-corrected chi connectivity index (χ3v) is 4.91. The number of benzene rings is 2. The van der Waals surface area contributed by atoms with Crippen LogP contribution in [0.1, 0.15) is 35.2 Å².